The van der Waals surface area contributed by atoms with Crippen molar-refractivity contribution in [2.24, 2.45) is 0 Å². The summed E-state index contributed by atoms with van der Waals surface area (Å²) in [7, 11) is 2.08. The van der Waals surface area contributed by atoms with Gasteiger partial charge in [0.1, 0.15) is 11.6 Å². The van der Waals surface area contributed by atoms with Crippen LogP contribution in [0.1, 0.15) is 48.1 Å². The average molecular weight is 410 g/mol. The van der Waals surface area contributed by atoms with E-state index >= 15 is 0 Å². The molecule has 0 bridgehead atoms. The number of halogens is 2. The second kappa shape index (κ2) is 7.35. The Morgan fingerprint density at radius 1 is 1.14 bits per heavy atom. The molecule has 29 heavy (non-hydrogen) atoms. The molecule has 148 valence electrons. The largest absolute Gasteiger partial charge is 0.295 e. The van der Waals surface area contributed by atoms with Crippen LogP contribution >= 0.6 is 11.6 Å². The predicted molar refractivity (Wildman–Crippen MR) is 110 cm³/mol. The Hall–Kier alpha value is -2.57. The van der Waals surface area contributed by atoms with Gasteiger partial charge in [0.05, 0.1) is 17.9 Å². The summed E-state index contributed by atoms with van der Waals surface area (Å²) < 4.78 is 15.8. The van der Waals surface area contributed by atoms with Gasteiger partial charge in [0.2, 0.25) is 0 Å². The first kappa shape index (κ1) is 18.5. The summed E-state index contributed by atoms with van der Waals surface area (Å²) in [5, 5.41) is 9.83. The van der Waals surface area contributed by atoms with Gasteiger partial charge in [0.15, 0.2) is 5.82 Å². The van der Waals surface area contributed by atoms with Crippen molar-refractivity contribution >= 4 is 17.2 Å². The maximum absolute atomic E-state index is 13.5. The second-order valence-corrected chi connectivity index (χ2v) is 8.25. The zero-order chi connectivity index (χ0) is 20.0. The minimum Gasteiger partial charge on any atom is -0.295 e. The fraction of sp³-hybridized carbons (Fsp3) is 0.318. The predicted octanol–water partition coefficient (Wildman–Crippen LogP) is 4.75. The van der Waals surface area contributed by atoms with Gasteiger partial charge in [-0.3, -0.25) is 14.5 Å². The number of hydrogen-bond acceptors (Lipinski definition) is 4. The molecular formula is C22H21ClFN5. The molecule has 0 N–H and O–H groups in total. The third-order valence-electron chi connectivity index (χ3n) is 5.72. The Labute approximate surface area is 173 Å². The molecule has 0 amide bonds. The van der Waals surface area contributed by atoms with Crippen molar-refractivity contribution in [1.82, 2.24) is 24.6 Å². The number of rotatable bonds is 2. The molecule has 1 atom stereocenters. The molecule has 2 aromatic heterocycles. The monoisotopic (exact) mass is 409 g/mol. The molecule has 1 aliphatic heterocycles. The third-order valence-corrected chi connectivity index (χ3v) is 5.95. The highest BCUT2D eigenvalue weighted by molar-refractivity contribution is 6.30. The first-order valence-corrected chi connectivity index (χ1v) is 10.2. The van der Waals surface area contributed by atoms with Crippen molar-refractivity contribution in [1.29, 1.82) is 0 Å². The van der Waals surface area contributed by atoms with Crippen molar-refractivity contribution in [2.45, 2.75) is 38.3 Å². The standard InChI is InChI=1S/C22H21ClFN5/c1-28-12-16-10-17(23)6-7-20(16)29-21(13-28)26-27-22(29)15-4-2-14(3-5-15)19-11-18(24)8-9-25-19/h2,6-11,15H,3-5,12-13H2,1H3. The van der Waals surface area contributed by atoms with Crippen molar-refractivity contribution in [3.63, 3.8) is 0 Å². The summed E-state index contributed by atoms with van der Waals surface area (Å²) in [4.78, 5) is 6.54. The number of pyridine rings is 1. The van der Waals surface area contributed by atoms with Gasteiger partial charge < -0.3 is 0 Å². The first-order chi connectivity index (χ1) is 14.1. The lowest BCUT2D eigenvalue weighted by Gasteiger charge is -2.22. The van der Waals surface area contributed by atoms with Crippen molar-refractivity contribution < 1.29 is 4.39 Å². The number of fused-ring (bicyclic) bond motifs is 3. The Kier molecular flexibility index (Phi) is 4.68. The second-order valence-electron chi connectivity index (χ2n) is 7.82. The molecule has 3 heterocycles. The van der Waals surface area contributed by atoms with Gasteiger partial charge in [0.25, 0.3) is 0 Å². The minimum atomic E-state index is -0.250. The fourth-order valence-corrected chi connectivity index (χ4v) is 4.52. The molecule has 0 saturated carbocycles. The highest BCUT2D eigenvalue weighted by Gasteiger charge is 2.28. The van der Waals surface area contributed by atoms with E-state index in [1.807, 2.05) is 12.1 Å². The molecule has 0 saturated heterocycles. The highest BCUT2D eigenvalue weighted by atomic mass is 35.5. The zero-order valence-electron chi connectivity index (χ0n) is 16.1. The Morgan fingerprint density at radius 2 is 2.03 bits per heavy atom. The van der Waals surface area contributed by atoms with Crippen LogP contribution in [0.25, 0.3) is 11.3 Å². The maximum atomic E-state index is 13.5. The van der Waals surface area contributed by atoms with Gasteiger partial charge in [-0.1, -0.05) is 17.7 Å². The summed E-state index contributed by atoms with van der Waals surface area (Å²) in [6, 6.07) is 8.90. The van der Waals surface area contributed by atoms with Crippen LogP contribution in [-0.4, -0.2) is 31.7 Å². The zero-order valence-corrected chi connectivity index (χ0v) is 16.9. The Bertz CT molecular complexity index is 1110. The molecule has 0 fully saturated rings. The molecule has 0 radical (unpaired) electrons. The van der Waals surface area contributed by atoms with E-state index in [-0.39, 0.29) is 11.7 Å². The van der Waals surface area contributed by atoms with Crippen LogP contribution in [0, 0.1) is 5.82 Å². The molecule has 5 nitrogen and oxygen atoms in total. The van der Waals surface area contributed by atoms with E-state index in [4.69, 9.17) is 11.6 Å². The van der Waals surface area contributed by atoms with Crippen LogP contribution in [0.3, 0.4) is 0 Å². The molecule has 3 aromatic rings. The van der Waals surface area contributed by atoms with Crippen LogP contribution in [0.15, 0.2) is 42.6 Å². The van der Waals surface area contributed by atoms with E-state index in [2.05, 4.69) is 43.8 Å². The summed E-state index contributed by atoms with van der Waals surface area (Å²) in [6.45, 7) is 1.55. The summed E-state index contributed by atoms with van der Waals surface area (Å²) in [6.07, 6.45) is 6.31. The molecule has 1 unspecified atom stereocenters. The maximum Gasteiger partial charge on any atom is 0.151 e. The summed E-state index contributed by atoms with van der Waals surface area (Å²) in [5.41, 5.74) is 4.11. The molecular weight excluding hydrogens is 389 g/mol. The number of hydrogen-bond donors (Lipinski definition) is 0. The van der Waals surface area contributed by atoms with Crippen LogP contribution in [0.2, 0.25) is 5.02 Å². The van der Waals surface area contributed by atoms with Gasteiger partial charge in [-0.2, -0.15) is 0 Å². The van der Waals surface area contributed by atoms with Gasteiger partial charge in [-0.05, 0) is 67.8 Å². The topological polar surface area (TPSA) is 46.8 Å². The van der Waals surface area contributed by atoms with E-state index in [0.717, 1.165) is 66.0 Å². The molecule has 7 heteroatoms. The molecule has 0 spiro atoms. The SMILES string of the molecule is CN1Cc2cc(Cl)ccc2-n2c(nnc2C2CC=C(c3cc(F)ccn3)CC2)C1. The molecule has 2 aliphatic rings. The molecule has 1 aromatic carbocycles. The van der Waals surface area contributed by atoms with Crippen molar-refractivity contribution in [3.05, 3.63) is 76.4 Å². The van der Waals surface area contributed by atoms with Gasteiger partial charge in [-0.25, -0.2) is 4.39 Å². The van der Waals surface area contributed by atoms with Crippen LogP contribution < -0.4 is 0 Å². The van der Waals surface area contributed by atoms with E-state index in [0.29, 0.717) is 0 Å². The third kappa shape index (κ3) is 3.47. The quantitative estimate of drug-likeness (QED) is 0.612. The molecule has 5 rings (SSSR count). The normalized spacial score (nSPS) is 19.3. The smallest absolute Gasteiger partial charge is 0.151 e. The lowest BCUT2D eigenvalue weighted by atomic mass is 9.87. The van der Waals surface area contributed by atoms with Gasteiger partial charge in [-0.15, -0.1) is 10.2 Å². The van der Waals surface area contributed by atoms with Crippen molar-refractivity contribution in [2.75, 3.05) is 7.05 Å². The number of allylic oxidation sites excluding steroid dienone is 2. The summed E-state index contributed by atoms with van der Waals surface area (Å²) in [5.74, 6) is 1.95. The Balaban J connectivity index is 1.50. The fourth-order valence-electron chi connectivity index (χ4n) is 4.33. The van der Waals surface area contributed by atoms with Crippen molar-refractivity contribution in [3.8, 4) is 5.69 Å². The average Bonchev–Trinajstić information content (AvgIpc) is 3.05. The lowest BCUT2D eigenvalue weighted by Crippen LogP contribution is -2.16. The van der Waals surface area contributed by atoms with Gasteiger partial charge in [0, 0.05) is 23.7 Å². The number of nitrogens with zero attached hydrogens (tertiary/aromatic N) is 5. The van der Waals surface area contributed by atoms with Gasteiger partial charge >= 0.3 is 0 Å². The first-order valence-electron chi connectivity index (χ1n) is 9.81. The van der Waals surface area contributed by atoms with Crippen LogP contribution in [-0.2, 0) is 13.1 Å². The van der Waals surface area contributed by atoms with Crippen LogP contribution in [0.4, 0.5) is 4.39 Å². The highest BCUT2D eigenvalue weighted by Crippen LogP contribution is 2.37. The Morgan fingerprint density at radius 3 is 2.83 bits per heavy atom. The van der Waals surface area contributed by atoms with Crippen LogP contribution in [0.5, 0.6) is 0 Å². The van der Waals surface area contributed by atoms with E-state index < -0.39 is 0 Å². The molecule has 1 aliphatic carbocycles. The number of benzene rings is 1. The minimum absolute atomic E-state index is 0.250. The van der Waals surface area contributed by atoms with E-state index in [9.17, 15) is 4.39 Å². The lowest BCUT2D eigenvalue weighted by molar-refractivity contribution is 0.315. The van der Waals surface area contributed by atoms with E-state index in [1.54, 1.807) is 0 Å². The summed E-state index contributed by atoms with van der Waals surface area (Å²) >= 11 is 6.25. The van der Waals surface area contributed by atoms with E-state index in [1.165, 1.54) is 23.9 Å². The number of aromatic nitrogens is 4.